The number of hydrogen-bond acceptors (Lipinski definition) is 6. The molecule has 1 N–H and O–H groups in total. The van der Waals surface area contributed by atoms with Crippen LogP contribution in [0.3, 0.4) is 0 Å². The molecule has 1 aromatic rings. The number of methoxy groups -OCH3 is 1. The maximum Gasteiger partial charge on any atom is 0.350 e. The molecule has 6 nitrogen and oxygen atoms in total. The molecule has 130 valence electrons. The Morgan fingerprint density at radius 3 is 2.52 bits per heavy atom. The minimum Gasteiger partial charge on any atom is -0.466 e. The van der Waals surface area contributed by atoms with E-state index in [1.54, 1.807) is 6.92 Å². The van der Waals surface area contributed by atoms with Crippen molar-refractivity contribution in [1.82, 2.24) is 5.32 Å². The number of furan rings is 1. The van der Waals surface area contributed by atoms with Gasteiger partial charge in [-0.1, -0.05) is 0 Å². The molecule has 0 aliphatic heterocycles. The zero-order chi connectivity index (χ0) is 17.3. The Kier molecular flexibility index (Phi) is 7.81. The summed E-state index contributed by atoms with van der Waals surface area (Å²) in [5.41, 5.74) is -1.21. The van der Waals surface area contributed by atoms with Crippen molar-refractivity contribution in [1.29, 1.82) is 0 Å². The first-order valence-electron chi connectivity index (χ1n) is 7.91. The third kappa shape index (κ3) is 6.86. The van der Waals surface area contributed by atoms with E-state index in [9.17, 15) is 9.59 Å². The second kappa shape index (κ2) is 9.35. The Morgan fingerprint density at radius 1 is 1.26 bits per heavy atom. The predicted octanol–water partition coefficient (Wildman–Crippen LogP) is 2.39. The lowest BCUT2D eigenvalue weighted by atomic mass is 10.00. The summed E-state index contributed by atoms with van der Waals surface area (Å²) < 4.78 is 15.3. The fraction of sp³-hybridized carbons (Fsp3) is 0.647. The highest BCUT2D eigenvalue weighted by Gasteiger charge is 2.37. The summed E-state index contributed by atoms with van der Waals surface area (Å²) >= 11 is 0. The third-order valence-electron chi connectivity index (χ3n) is 3.57. The molecule has 1 unspecified atom stereocenters. The number of rotatable bonds is 10. The fourth-order valence-corrected chi connectivity index (χ4v) is 2.41. The van der Waals surface area contributed by atoms with Crippen LogP contribution in [0.5, 0.6) is 0 Å². The number of esters is 2. The summed E-state index contributed by atoms with van der Waals surface area (Å²) in [6.45, 7) is 6.41. The van der Waals surface area contributed by atoms with Crippen molar-refractivity contribution in [2.75, 3.05) is 20.2 Å². The van der Waals surface area contributed by atoms with Crippen LogP contribution in [0.25, 0.3) is 0 Å². The SMILES string of the molecule is COC(=O)C(C)(CCCNCCCc1ccc(C)o1)OC(C)=O. The van der Waals surface area contributed by atoms with E-state index < -0.39 is 17.5 Å². The van der Waals surface area contributed by atoms with E-state index >= 15 is 0 Å². The van der Waals surface area contributed by atoms with Gasteiger partial charge < -0.3 is 19.2 Å². The summed E-state index contributed by atoms with van der Waals surface area (Å²) in [7, 11) is 1.29. The highest BCUT2D eigenvalue weighted by molar-refractivity contribution is 5.82. The molecule has 0 saturated carbocycles. The zero-order valence-electron chi connectivity index (χ0n) is 14.4. The molecule has 1 heterocycles. The van der Waals surface area contributed by atoms with Crippen molar-refractivity contribution >= 4 is 11.9 Å². The average molecular weight is 325 g/mol. The molecular formula is C17H27NO5. The molecule has 1 atom stereocenters. The van der Waals surface area contributed by atoms with E-state index in [2.05, 4.69) is 5.32 Å². The number of aryl methyl sites for hydroxylation is 2. The van der Waals surface area contributed by atoms with Crippen LogP contribution in [-0.4, -0.2) is 37.7 Å². The van der Waals surface area contributed by atoms with Crippen molar-refractivity contribution in [3.8, 4) is 0 Å². The molecule has 0 radical (unpaired) electrons. The summed E-state index contributed by atoms with van der Waals surface area (Å²) in [5.74, 6) is 0.915. The Balaban J connectivity index is 2.21. The smallest absolute Gasteiger partial charge is 0.350 e. The second-order valence-electron chi connectivity index (χ2n) is 5.79. The van der Waals surface area contributed by atoms with Crippen LogP contribution in [0.1, 0.15) is 44.6 Å². The molecule has 0 aromatic carbocycles. The van der Waals surface area contributed by atoms with E-state index in [0.29, 0.717) is 12.8 Å². The molecule has 0 bridgehead atoms. The maximum atomic E-state index is 11.8. The van der Waals surface area contributed by atoms with E-state index in [1.807, 2.05) is 19.1 Å². The molecule has 0 aliphatic rings. The van der Waals surface area contributed by atoms with Gasteiger partial charge in [0.1, 0.15) is 11.5 Å². The van der Waals surface area contributed by atoms with Crippen LogP contribution >= 0.6 is 0 Å². The van der Waals surface area contributed by atoms with Crippen LogP contribution in [-0.2, 0) is 25.5 Å². The lowest BCUT2D eigenvalue weighted by molar-refractivity contribution is -0.178. The van der Waals surface area contributed by atoms with Gasteiger partial charge in [-0.25, -0.2) is 4.79 Å². The van der Waals surface area contributed by atoms with Crippen LogP contribution in [0.4, 0.5) is 0 Å². The zero-order valence-corrected chi connectivity index (χ0v) is 14.4. The fourth-order valence-electron chi connectivity index (χ4n) is 2.41. The molecule has 1 aromatic heterocycles. The monoisotopic (exact) mass is 325 g/mol. The van der Waals surface area contributed by atoms with Gasteiger partial charge in [-0.15, -0.1) is 0 Å². The predicted molar refractivity (Wildman–Crippen MR) is 86.1 cm³/mol. The molecular weight excluding hydrogens is 298 g/mol. The summed E-state index contributed by atoms with van der Waals surface area (Å²) in [4.78, 5) is 22.9. The van der Waals surface area contributed by atoms with E-state index in [4.69, 9.17) is 13.9 Å². The number of carbonyl (C=O) groups is 2. The van der Waals surface area contributed by atoms with Crippen LogP contribution in [0, 0.1) is 6.92 Å². The lowest BCUT2D eigenvalue weighted by Crippen LogP contribution is -2.41. The molecule has 0 fully saturated rings. The van der Waals surface area contributed by atoms with E-state index in [0.717, 1.165) is 37.5 Å². The topological polar surface area (TPSA) is 77.8 Å². The maximum absolute atomic E-state index is 11.8. The van der Waals surface area contributed by atoms with Gasteiger partial charge in [0.25, 0.3) is 0 Å². The number of carbonyl (C=O) groups excluding carboxylic acids is 2. The summed E-state index contributed by atoms with van der Waals surface area (Å²) in [6, 6.07) is 3.96. The Labute approximate surface area is 137 Å². The number of nitrogens with one attached hydrogen (secondary N) is 1. The number of ether oxygens (including phenoxy) is 2. The minimum atomic E-state index is -1.21. The summed E-state index contributed by atoms with van der Waals surface area (Å²) in [6.07, 6.45) is 3.00. The van der Waals surface area contributed by atoms with Gasteiger partial charge in [0.15, 0.2) is 0 Å². The first kappa shape index (κ1) is 19.2. The Morgan fingerprint density at radius 2 is 1.96 bits per heavy atom. The largest absolute Gasteiger partial charge is 0.466 e. The average Bonchev–Trinajstić information content (AvgIpc) is 2.90. The second-order valence-corrected chi connectivity index (χ2v) is 5.79. The van der Waals surface area contributed by atoms with Crippen molar-refractivity contribution in [2.24, 2.45) is 0 Å². The van der Waals surface area contributed by atoms with Crippen molar-refractivity contribution in [3.63, 3.8) is 0 Å². The third-order valence-corrected chi connectivity index (χ3v) is 3.57. The van der Waals surface area contributed by atoms with Gasteiger partial charge in [0.05, 0.1) is 7.11 Å². The molecule has 0 amide bonds. The van der Waals surface area contributed by atoms with Gasteiger partial charge in [-0.05, 0) is 58.3 Å². The van der Waals surface area contributed by atoms with Crippen molar-refractivity contribution in [3.05, 3.63) is 23.7 Å². The van der Waals surface area contributed by atoms with Crippen LogP contribution in [0.2, 0.25) is 0 Å². The van der Waals surface area contributed by atoms with Gasteiger partial charge >= 0.3 is 11.9 Å². The van der Waals surface area contributed by atoms with Crippen LogP contribution in [0.15, 0.2) is 16.5 Å². The highest BCUT2D eigenvalue weighted by Crippen LogP contribution is 2.19. The Hall–Kier alpha value is -1.82. The quantitative estimate of drug-likeness (QED) is 0.526. The molecule has 1 rings (SSSR count). The minimum absolute atomic E-state index is 0.420. The van der Waals surface area contributed by atoms with Gasteiger partial charge in [-0.2, -0.15) is 0 Å². The highest BCUT2D eigenvalue weighted by atomic mass is 16.6. The number of hydrogen-bond donors (Lipinski definition) is 1. The van der Waals surface area contributed by atoms with Crippen LogP contribution < -0.4 is 5.32 Å². The molecule has 0 aliphatic carbocycles. The standard InChI is InChI=1S/C17H27NO5/c1-13-8-9-15(22-13)7-5-11-18-12-6-10-17(3,16(20)21-4)23-14(2)19/h8-9,18H,5-7,10-12H2,1-4H3. The molecule has 0 spiro atoms. The lowest BCUT2D eigenvalue weighted by Gasteiger charge is -2.26. The first-order valence-corrected chi connectivity index (χ1v) is 7.91. The van der Waals surface area contributed by atoms with E-state index in [-0.39, 0.29) is 0 Å². The first-order chi connectivity index (χ1) is 10.9. The molecule has 23 heavy (non-hydrogen) atoms. The molecule has 0 saturated heterocycles. The van der Waals surface area contributed by atoms with E-state index in [1.165, 1.54) is 14.0 Å². The Bertz CT molecular complexity index is 511. The normalized spacial score (nSPS) is 13.4. The van der Waals surface area contributed by atoms with Crippen molar-refractivity contribution < 1.29 is 23.5 Å². The van der Waals surface area contributed by atoms with Gasteiger partial charge in [-0.3, -0.25) is 4.79 Å². The summed E-state index contributed by atoms with van der Waals surface area (Å²) in [5, 5.41) is 3.31. The van der Waals surface area contributed by atoms with Gasteiger partial charge in [0, 0.05) is 13.3 Å². The van der Waals surface area contributed by atoms with Gasteiger partial charge in [0.2, 0.25) is 5.60 Å². The molecule has 6 heteroatoms. The van der Waals surface area contributed by atoms with Crippen molar-refractivity contribution in [2.45, 2.75) is 52.1 Å².